The van der Waals surface area contributed by atoms with E-state index in [9.17, 15) is 9.90 Å². The second-order valence-corrected chi connectivity index (χ2v) is 7.64. The Bertz CT molecular complexity index is 316. The van der Waals surface area contributed by atoms with Crippen molar-refractivity contribution >= 4 is 5.91 Å². The third-order valence-corrected chi connectivity index (χ3v) is 4.24. The molecule has 1 N–H and O–H groups in total. The van der Waals surface area contributed by atoms with Gasteiger partial charge in [0.2, 0.25) is 5.91 Å². The Morgan fingerprint density at radius 2 is 1.95 bits per heavy atom. The molecule has 0 aromatic heterocycles. The van der Waals surface area contributed by atoms with E-state index in [-0.39, 0.29) is 23.5 Å². The Balaban J connectivity index is 2.19. The first-order valence-electron chi connectivity index (χ1n) is 8.21. The third kappa shape index (κ3) is 7.28. The smallest absolute Gasteiger partial charge is 0.241 e. The van der Waals surface area contributed by atoms with Crippen LogP contribution < -0.4 is 5.32 Å². The molecule has 1 rings (SSSR count). The molecule has 1 aliphatic rings. The van der Waals surface area contributed by atoms with Crippen molar-refractivity contribution in [3.63, 3.8) is 0 Å². The number of aliphatic hydroxyl groups excluding tert-OH is 1. The van der Waals surface area contributed by atoms with E-state index in [0.29, 0.717) is 25.5 Å². The SMILES string of the molecule is CC(CCC(=O)[N]CC1(CO)CCCC1)COC(C)(C)C. The molecule has 4 heteroatoms. The van der Waals surface area contributed by atoms with Crippen molar-refractivity contribution in [1.82, 2.24) is 5.32 Å². The van der Waals surface area contributed by atoms with Crippen LogP contribution in [0.25, 0.3) is 0 Å². The zero-order chi connectivity index (χ0) is 15.9. The summed E-state index contributed by atoms with van der Waals surface area (Å²) in [5.74, 6) is 0.332. The fraction of sp³-hybridized carbons (Fsp3) is 0.941. The Morgan fingerprint density at radius 1 is 1.33 bits per heavy atom. The zero-order valence-electron chi connectivity index (χ0n) is 14.2. The van der Waals surface area contributed by atoms with Crippen LogP contribution in [-0.2, 0) is 9.53 Å². The second kappa shape index (κ2) is 8.14. The lowest BCUT2D eigenvalue weighted by atomic mass is 9.87. The topological polar surface area (TPSA) is 60.6 Å². The van der Waals surface area contributed by atoms with Crippen LogP contribution in [0.2, 0.25) is 0 Å². The number of ether oxygens (including phenoxy) is 1. The number of carbonyl (C=O) groups excluding carboxylic acids is 1. The van der Waals surface area contributed by atoms with Crippen molar-refractivity contribution in [2.45, 2.75) is 71.8 Å². The average Bonchev–Trinajstić information content (AvgIpc) is 2.89. The van der Waals surface area contributed by atoms with Crippen molar-refractivity contribution < 1.29 is 14.6 Å². The number of aliphatic hydroxyl groups is 1. The van der Waals surface area contributed by atoms with Crippen LogP contribution >= 0.6 is 0 Å². The van der Waals surface area contributed by atoms with Crippen LogP contribution in [-0.4, -0.2) is 36.4 Å². The summed E-state index contributed by atoms with van der Waals surface area (Å²) >= 11 is 0. The van der Waals surface area contributed by atoms with E-state index in [0.717, 1.165) is 32.1 Å². The molecule has 21 heavy (non-hydrogen) atoms. The summed E-state index contributed by atoms with van der Waals surface area (Å²) < 4.78 is 5.72. The van der Waals surface area contributed by atoms with Crippen molar-refractivity contribution in [2.24, 2.45) is 11.3 Å². The molecule has 1 amide bonds. The number of amides is 1. The van der Waals surface area contributed by atoms with Gasteiger partial charge in [-0.3, -0.25) is 10.1 Å². The zero-order valence-corrected chi connectivity index (χ0v) is 14.2. The van der Waals surface area contributed by atoms with E-state index < -0.39 is 0 Å². The highest BCUT2D eigenvalue weighted by Gasteiger charge is 2.34. The lowest BCUT2D eigenvalue weighted by Crippen LogP contribution is -2.34. The van der Waals surface area contributed by atoms with E-state index in [1.54, 1.807) is 0 Å². The monoisotopic (exact) mass is 298 g/mol. The van der Waals surface area contributed by atoms with Crippen LogP contribution in [0, 0.1) is 11.3 Å². The fourth-order valence-electron chi connectivity index (χ4n) is 2.67. The molecule has 1 saturated carbocycles. The lowest BCUT2D eigenvalue weighted by Gasteiger charge is -2.25. The molecule has 1 radical (unpaired) electrons. The van der Waals surface area contributed by atoms with Crippen LogP contribution in [0.3, 0.4) is 0 Å². The van der Waals surface area contributed by atoms with Crippen molar-refractivity contribution in [3.8, 4) is 0 Å². The molecule has 1 aliphatic carbocycles. The van der Waals surface area contributed by atoms with Crippen LogP contribution in [0.5, 0.6) is 0 Å². The Morgan fingerprint density at radius 3 is 2.48 bits per heavy atom. The number of hydrogen-bond acceptors (Lipinski definition) is 3. The van der Waals surface area contributed by atoms with Gasteiger partial charge in [0.05, 0.1) is 18.8 Å². The maximum atomic E-state index is 11.9. The Hall–Kier alpha value is -0.610. The van der Waals surface area contributed by atoms with Crippen LogP contribution in [0.15, 0.2) is 0 Å². The number of carbonyl (C=O) groups is 1. The summed E-state index contributed by atoms with van der Waals surface area (Å²) in [6.45, 7) is 9.54. The normalized spacial score (nSPS) is 19.5. The predicted molar refractivity (Wildman–Crippen MR) is 84.1 cm³/mol. The maximum Gasteiger partial charge on any atom is 0.241 e. The quantitative estimate of drug-likeness (QED) is 0.749. The minimum Gasteiger partial charge on any atom is -0.396 e. The highest BCUT2D eigenvalue weighted by molar-refractivity contribution is 5.75. The second-order valence-electron chi connectivity index (χ2n) is 7.64. The molecule has 0 aromatic rings. The third-order valence-electron chi connectivity index (χ3n) is 4.24. The molecule has 0 spiro atoms. The van der Waals surface area contributed by atoms with Gasteiger partial charge < -0.3 is 9.84 Å². The summed E-state index contributed by atoms with van der Waals surface area (Å²) in [6.07, 6.45) is 5.57. The fourth-order valence-corrected chi connectivity index (χ4v) is 2.67. The summed E-state index contributed by atoms with van der Waals surface area (Å²) in [6, 6.07) is 0. The largest absolute Gasteiger partial charge is 0.396 e. The number of rotatable bonds is 8. The number of hydrogen-bond donors (Lipinski definition) is 1. The van der Waals surface area contributed by atoms with Gasteiger partial charge in [0.15, 0.2) is 0 Å². The molecule has 0 heterocycles. The lowest BCUT2D eigenvalue weighted by molar-refractivity contribution is -0.122. The van der Waals surface area contributed by atoms with E-state index in [1.807, 2.05) is 20.8 Å². The van der Waals surface area contributed by atoms with Gasteiger partial charge in [-0.05, 0) is 46.0 Å². The van der Waals surface area contributed by atoms with Gasteiger partial charge in [0.25, 0.3) is 0 Å². The molecule has 0 saturated heterocycles. The van der Waals surface area contributed by atoms with Gasteiger partial charge in [-0.2, -0.15) is 0 Å². The van der Waals surface area contributed by atoms with Crippen LogP contribution in [0.4, 0.5) is 0 Å². The first-order chi connectivity index (χ1) is 9.76. The first-order valence-corrected chi connectivity index (χ1v) is 8.21. The minimum atomic E-state index is -0.126. The molecular formula is C17H32NO3. The average molecular weight is 298 g/mol. The molecule has 1 atom stereocenters. The molecule has 123 valence electrons. The van der Waals surface area contributed by atoms with Crippen molar-refractivity contribution in [3.05, 3.63) is 0 Å². The summed E-state index contributed by atoms with van der Waals surface area (Å²) in [5, 5.41) is 13.7. The minimum absolute atomic E-state index is 0.0302. The Kier molecular flexibility index (Phi) is 7.14. The van der Waals surface area contributed by atoms with Gasteiger partial charge in [-0.25, -0.2) is 0 Å². The van der Waals surface area contributed by atoms with Gasteiger partial charge >= 0.3 is 0 Å². The van der Waals surface area contributed by atoms with E-state index in [4.69, 9.17) is 4.74 Å². The summed E-state index contributed by atoms with van der Waals surface area (Å²) in [5.41, 5.74) is -0.241. The van der Waals surface area contributed by atoms with Gasteiger partial charge in [-0.15, -0.1) is 0 Å². The van der Waals surface area contributed by atoms with E-state index >= 15 is 0 Å². The first kappa shape index (κ1) is 18.4. The molecule has 1 fully saturated rings. The van der Waals surface area contributed by atoms with Gasteiger partial charge in [-0.1, -0.05) is 19.8 Å². The highest BCUT2D eigenvalue weighted by Crippen LogP contribution is 2.37. The van der Waals surface area contributed by atoms with Crippen molar-refractivity contribution in [2.75, 3.05) is 19.8 Å². The van der Waals surface area contributed by atoms with Gasteiger partial charge in [0, 0.05) is 18.4 Å². The van der Waals surface area contributed by atoms with E-state index in [1.165, 1.54) is 0 Å². The highest BCUT2D eigenvalue weighted by atomic mass is 16.5. The molecular weight excluding hydrogens is 266 g/mol. The summed E-state index contributed by atoms with van der Waals surface area (Å²) in [7, 11) is 0. The molecule has 4 nitrogen and oxygen atoms in total. The Labute approximate surface area is 129 Å². The molecule has 0 bridgehead atoms. The standard InChI is InChI=1S/C17H32NO3/c1-14(11-21-16(2,3)4)7-8-15(20)18-12-17(13-19)9-5-6-10-17/h14,19H,5-13H2,1-4H3. The molecule has 0 aromatic carbocycles. The maximum absolute atomic E-state index is 11.9. The molecule has 0 aliphatic heterocycles. The molecule has 1 unspecified atom stereocenters. The van der Waals surface area contributed by atoms with Crippen LogP contribution in [0.1, 0.15) is 66.2 Å². The number of nitrogens with zero attached hydrogens (tertiary/aromatic N) is 1. The van der Waals surface area contributed by atoms with Gasteiger partial charge in [0.1, 0.15) is 0 Å². The van der Waals surface area contributed by atoms with Crippen molar-refractivity contribution in [1.29, 1.82) is 0 Å². The predicted octanol–water partition coefficient (Wildman–Crippen LogP) is 2.90. The van der Waals surface area contributed by atoms with E-state index in [2.05, 4.69) is 12.2 Å². The summed E-state index contributed by atoms with van der Waals surface area (Å²) in [4.78, 5) is 11.9.